The van der Waals surface area contributed by atoms with Crippen molar-refractivity contribution >= 4 is 21.7 Å². The lowest BCUT2D eigenvalue weighted by molar-refractivity contribution is 0.0977. The van der Waals surface area contributed by atoms with Crippen LogP contribution < -0.4 is 0 Å². The predicted molar refractivity (Wildman–Crippen MR) is 97.8 cm³/mol. The second-order valence-electron chi connectivity index (χ2n) is 5.48. The van der Waals surface area contributed by atoms with Crippen molar-refractivity contribution in [3.05, 3.63) is 106 Å². The number of carbonyl (C=O) groups excluding carboxylic acids is 1. The van der Waals surface area contributed by atoms with Crippen molar-refractivity contribution in [1.29, 1.82) is 0 Å². The third-order valence-electron chi connectivity index (χ3n) is 3.97. The van der Waals surface area contributed by atoms with E-state index < -0.39 is 0 Å². The third-order valence-corrected chi connectivity index (χ3v) is 4.69. The monoisotopic (exact) mass is 364 g/mol. The molecule has 3 rings (SSSR count). The van der Waals surface area contributed by atoms with E-state index in [0.29, 0.717) is 6.42 Å². The predicted octanol–water partition coefficient (Wildman–Crippen LogP) is 5.85. The highest BCUT2D eigenvalue weighted by molar-refractivity contribution is 9.10. The average molecular weight is 365 g/mol. The molecule has 0 aliphatic rings. The van der Waals surface area contributed by atoms with Crippen molar-refractivity contribution in [3.8, 4) is 0 Å². The molecule has 0 aliphatic heterocycles. The molecule has 1 atom stereocenters. The van der Waals surface area contributed by atoms with E-state index in [-0.39, 0.29) is 11.7 Å². The van der Waals surface area contributed by atoms with Gasteiger partial charge in [-0.1, -0.05) is 94.8 Å². The summed E-state index contributed by atoms with van der Waals surface area (Å²) in [5.41, 5.74) is 3.06. The first-order chi connectivity index (χ1) is 11.3. The molecule has 0 aliphatic carbocycles. The summed E-state index contributed by atoms with van der Waals surface area (Å²) in [6.45, 7) is 0. The van der Waals surface area contributed by atoms with Crippen LogP contribution in [0.25, 0.3) is 0 Å². The maximum absolute atomic E-state index is 12.7. The van der Waals surface area contributed by atoms with Crippen LogP contribution >= 0.6 is 15.9 Å². The van der Waals surface area contributed by atoms with Crippen molar-refractivity contribution in [2.45, 2.75) is 12.3 Å². The SMILES string of the molecule is O=C(CC(c1ccccc1)c1ccccc1Br)c1ccccc1. The summed E-state index contributed by atoms with van der Waals surface area (Å²) in [5.74, 6) is 0.203. The van der Waals surface area contributed by atoms with Crippen molar-refractivity contribution in [3.63, 3.8) is 0 Å². The van der Waals surface area contributed by atoms with Crippen molar-refractivity contribution in [1.82, 2.24) is 0 Å². The van der Waals surface area contributed by atoms with Crippen LogP contribution in [0, 0.1) is 0 Å². The number of benzene rings is 3. The van der Waals surface area contributed by atoms with Gasteiger partial charge in [0, 0.05) is 22.4 Å². The number of hydrogen-bond donors (Lipinski definition) is 0. The zero-order chi connectivity index (χ0) is 16.1. The Bertz CT molecular complexity index is 781. The normalized spacial score (nSPS) is 11.9. The first kappa shape index (κ1) is 15.7. The van der Waals surface area contributed by atoms with Gasteiger partial charge in [0.1, 0.15) is 0 Å². The molecule has 0 amide bonds. The lowest BCUT2D eigenvalue weighted by Gasteiger charge is -2.19. The summed E-state index contributed by atoms with van der Waals surface area (Å²) in [6, 6.07) is 27.8. The van der Waals surface area contributed by atoms with Crippen LogP contribution in [-0.2, 0) is 0 Å². The fourth-order valence-electron chi connectivity index (χ4n) is 2.78. The highest BCUT2D eigenvalue weighted by atomic mass is 79.9. The number of ketones is 1. The maximum atomic E-state index is 12.7. The summed E-state index contributed by atoms with van der Waals surface area (Å²) in [4.78, 5) is 12.7. The number of Topliss-reactive ketones (excluding diaryl/α,β-unsaturated/α-hetero) is 1. The molecule has 0 spiro atoms. The van der Waals surface area contributed by atoms with Gasteiger partial charge < -0.3 is 0 Å². The van der Waals surface area contributed by atoms with Gasteiger partial charge in [-0.2, -0.15) is 0 Å². The van der Waals surface area contributed by atoms with Gasteiger partial charge >= 0.3 is 0 Å². The smallest absolute Gasteiger partial charge is 0.163 e. The van der Waals surface area contributed by atoms with Crippen LogP contribution in [0.4, 0.5) is 0 Å². The van der Waals surface area contributed by atoms with E-state index >= 15 is 0 Å². The highest BCUT2D eigenvalue weighted by Crippen LogP contribution is 2.33. The minimum absolute atomic E-state index is 0.0412. The first-order valence-electron chi connectivity index (χ1n) is 7.63. The summed E-state index contributed by atoms with van der Waals surface area (Å²) >= 11 is 3.63. The molecule has 0 fully saturated rings. The minimum atomic E-state index is 0.0412. The topological polar surface area (TPSA) is 17.1 Å². The van der Waals surface area contributed by atoms with Crippen molar-refractivity contribution in [2.24, 2.45) is 0 Å². The molecule has 0 radical (unpaired) electrons. The molecular weight excluding hydrogens is 348 g/mol. The fraction of sp³-hybridized carbons (Fsp3) is 0.0952. The summed E-state index contributed by atoms with van der Waals surface area (Å²) in [7, 11) is 0. The van der Waals surface area contributed by atoms with E-state index in [2.05, 4.69) is 34.1 Å². The number of halogens is 1. The summed E-state index contributed by atoms with van der Waals surface area (Å²) in [5, 5.41) is 0. The second-order valence-corrected chi connectivity index (χ2v) is 6.33. The summed E-state index contributed by atoms with van der Waals surface area (Å²) < 4.78 is 1.04. The standard InChI is InChI=1S/C21H17BrO/c22-20-14-8-7-13-18(20)19(16-9-3-1-4-10-16)15-21(23)17-11-5-2-6-12-17/h1-14,19H,15H2. The van der Waals surface area contributed by atoms with E-state index in [1.165, 1.54) is 0 Å². The van der Waals surface area contributed by atoms with Gasteiger partial charge in [-0.25, -0.2) is 0 Å². The van der Waals surface area contributed by atoms with Gasteiger partial charge in [0.05, 0.1) is 0 Å². The molecule has 2 heteroatoms. The van der Waals surface area contributed by atoms with E-state index in [1.807, 2.05) is 66.7 Å². The largest absolute Gasteiger partial charge is 0.294 e. The zero-order valence-electron chi connectivity index (χ0n) is 12.7. The van der Waals surface area contributed by atoms with Crippen LogP contribution in [0.15, 0.2) is 89.4 Å². The van der Waals surface area contributed by atoms with Gasteiger partial charge in [-0.15, -0.1) is 0 Å². The molecule has 0 bridgehead atoms. The molecule has 1 nitrogen and oxygen atoms in total. The van der Waals surface area contributed by atoms with E-state index in [1.54, 1.807) is 0 Å². The van der Waals surface area contributed by atoms with E-state index in [0.717, 1.165) is 21.2 Å². The summed E-state index contributed by atoms with van der Waals surface area (Å²) in [6.07, 6.45) is 0.455. The Labute approximate surface area is 145 Å². The van der Waals surface area contributed by atoms with Gasteiger partial charge in [0.15, 0.2) is 5.78 Å². The molecule has 0 saturated carbocycles. The highest BCUT2D eigenvalue weighted by Gasteiger charge is 2.20. The number of hydrogen-bond acceptors (Lipinski definition) is 1. The Morgan fingerprint density at radius 3 is 2.00 bits per heavy atom. The molecule has 0 heterocycles. The van der Waals surface area contributed by atoms with Gasteiger partial charge in [0.25, 0.3) is 0 Å². The lowest BCUT2D eigenvalue weighted by Crippen LogP contribution is -2.09. The minimum Gasteiger partial charge on any atom is -0.294 e. The molecular formula is C21H17BrO. The Morgan fingerprint density at radius 2 is 1.35 bits per heavy atom. The molecule has 1 unspecified atom stereocenters. The van der Waals surface area contributed by atoms with Gasteiger partial charge in [-0.3, -0.25) is 4.79 Å². The molecule has 3 aromatic carbocycles. The van der Waals surface area contributed by atoms with E-state index in [9.17, 15) is 4.79 Å². The van der Waals surface area contributed by atoms with Gasteiger partial charge in [-0.05, 0) is 17.2 Å². The molecule has 0 aromatic heterocycles. The first-order valence-corrected chi connectivity index (χ1v) is 8.42. The van der Waals surface area contributed by atoms with E-state index in [4.69, 9.17) is 0 Å². The van der Waals surface area contributed by atoms with Crippen LogP contribution in [0.5, 0.6) is 0 Å². The lowest BCUT2D eigenvalue weighted by atomic mass is 9.86. The molecule has 114 valence electrons. The number of rotatable bonds is 5. The third kappa shape index (κ3) is 3.77. The Morgan fingerprint density at radius 1 is 0.783 bits per heavy atom. The molecule has 0 saturated heterocycles. The quantitative estimate of drug-likeness (QED) is 0.518. The van der Waals surface area contributed by atoms with Crippen molar-refractivity contribution in [2.75, 3.05) is 0 Å². The van der Waals surface area contributed by atoms with Crippen molar-refractivity contribution < 1.29 is 4.79 Å². The second kappa shape index (κ2) is 7.38. The average Bonchev–Trinajstić information content (AvgIpc) is 2.62. The van der Waals surface area contributed by atoms with Crippen LogP contribution in [0.3, 0.4) is 0 Å². The molecule has 3 aromatic rings. The Balaban J connectivity index is 1.97. The molecule has 0 N–H and O–H groups in total. The zero-order valence-corrected chi connectivity index (χ0v) is 14.2. The van der Waals surface area contributed by atoms with Gasteiger partial charge in [0.2, 0.25) is 0 Å². The van der Waals surface area contributed by atoms with Crippen LogP contribution in [0.1, 0.15) is 33.8 Å². The van der Waals surface area contributed by atoms with Crippen LogP contribution in [-0.4, -0.2) is 5.78 Å². The maximum Gasteiger partial charge on any atom is 0.163 e. The Hall–Kier alpha value is -2.19. The molecule has 23 heavy (non-hydrogen) atoms. The Kier molecular flexibility index (Phi) is 5.04. The number of carbonyl (C=O) groups is 1. The fourth-order valence-corrected chi connectivity index (χ4v) is 3.34. The van der Waals surface area contributed by atoms with Crippen LogP contribution in [0.2, 0.25) is 0 Å².